The largest absolute Gasteiger partial charge is 0.493 e. The van der Waals surface area contributed by atoms with E-state index in [2.05, 4.69) is 26.6 Å². The number of furan rings is 1. The van der Waals surface area contributed by atoms with Crippen molar-refractivity contribution in [3.63, 3.8) is 0 Å². The van der Waals surface area contributed by atoms with E-state index in [-0.39, 0.29) is 24.4 Å². The number of methoxy groups -OCH3 is 1. The third kappa shape index (κ3) is 4.08. The van der Waals surface area contributed by atoms with E-state index in [4.69, 9.17) is 9.15 Å². The first-order chi connectivity index (χ1) is 12.5. The van der Waals surface area contributed by atoms with E-state index in [1.165, 1.54) is 11.3 Å². The molecular weight excluding hydrogens is 420 g/mol. The van der Waals surface area contributed by atoms with Crippen LogP contribution in [0.2, 0.25) is 0 Å². The molecule has 136 valence electrons. The Bertz CT molecular complexity index is 950. The van der Waals surface area contributed by atoms with Gasteiger partial charge in [0.1, 0.15) is 5.76 Å². The molecule has 2 heterocycles. The number of hydrogen-bond donors (Lipinski definition) is 2. The Morgan fingerprint density at radius 3 is 2.81 bits per heavy atom. The molecule has 0 saturated carbocycles. The molecule has 0 radical (unpaired) electrons. The van der Waals surface area contributed by atoms with Gasteiger partial charge >= 0.3 is 0 Å². The van der Waals surface area contributed by atoms with Gasteiger partial charge in [-0.15, -0.1) is 11.3 Å². The maximum Gasteiger partial charge on any atom is 0.261 e. The summed E-state index contributed by atoms with van der Waals surface area (Å²) in [7, 11) is 1.58. The van der Waals surface area contributed by atoms with Crippen molar-refractivity contribution in [1.29, 1.82) is 0 Å². The van der Waals surface area contributed by atoms with Crippen molar-refractivity contribution in [3.8, 4) is 5.75 Å². The Labute approximate surface area is 162 Å². The molecule has 8 heteroatoms. The number of thiophene rings is 1. The molecular formula is C18H17BrN2O4S. The molecule has 2 N–H and O–H groups in total. The van der Waals surface area contributed by atoms with E-state index in [0.29, 0.717) is 22.0 Å². The third-order valence-electron chi connectivity index (χ3n) is 3.76. The van der Waals surface area contributed by atoms with Gasteiger partial charge in [-0.3, -0.25) is 9.59 Å². The summed E-state index contributed by atoms with van der Waals surface area (Å²) in [6.07, 6.45) is 0. The molecule has 0 aliphatic heterocycles. The highest BCUT2D eigenvalue weighted by atomic mass is 79.9. The van der Waals surface area contributed by atoms with Crippen molar-refractivity contribution in [2.24, 2.45) is 0 Å². The minimum atomic E-state index is -0.340. The van der Waals surface area contributed by atoms with Crippen LogP contribution in [-0.4, -0.2) is 25.5 Å². The number of ether oxygens (including phenoxy) is 1. The zero-order chi connectivity index (χ0) is 18.7. The first-order valence-electron chi connectivity index (χ1n) is 7.87. The number of fused-ring (bicyclic) bond motifs is 1. The molecule has 3 aromatic rings. The fourth-order valence-corrected chi connectivity index (χ4v) is 3.78. The summed E-state index contributed by atoms with van der Waals surface area (Å²) >= 11 is 4.61. The molecule has 3 rings (SSSR count). The number of benzene rings is 1. The van der Waals surface area contributed by atoms with Crippen LogP contribution in [0.5, 0.6) is 5.75 Å². The second-order valence-corrected chi connectivity index (χ2v) is 8.07. The summed E-state index contributed by atoms with van der Waals surface area (Å²) in [4.78, 5) is 24.6. The van der Waals surface area contributed by atoms with E-state index < -0.39 is 0 Å². The van der Waals surface area contributed by atoms with Crippen LogP contribution in [0.1, 0.15) is 28.4 Å². The Morgan fingerprint density at radius 2 is 2.12 bits per heavy atom. The molecule has 0 bridgehead atoms. The molecule has 2 amide bonds. The number of halogens is 1. The zero-order valence-corrected chi connectivity index (χ0v) is 16.6. The van der Waals surface area contributed by atoms with Gasteiger partial charge in [-0.05, 0) is 47.1 Å². The monoisotopic (exact) mass is 436 g/mol. The molecule has 1 unspecified atom stereocenters. The number of nitrogens with one attached hydrogen (secondary N) is 2. The van der Waals surface area contributed by atoms with Gasteiger partial charge < -0.3 is 19.8 Å². The number of carbonyl (C=O) groups excluding carboxylic acids is 2. The van der Waals surface area contributed by atoms with Crippen LogP contribution in [0.4, 0.5) is 0 Å². The van der Waals surface area contributed by atoms with Gasteiger partial charge in [-0.25, -0.2) is 0 Å². The third-order valence-corrected chi connectivity index (χ3v) is 5.38. The van der Waals surface area contributed by atoms with Gasteiger partial charge in [0.25, 0.3) is 5.91 Å². The lowest BCUT2D eigenvalue weighted by molar-refractivity contribution is -0.120. The summed E-state index contributed by atoms with van der Waals surface area (Å²) < 4.78 is 12.0. The van der Waals surface area contributed by atoms with Crippen LogP contribution in [-0.2, 0) is 4.79 Å². The highest BCUT2D eigenvalue weighted by Crippen LogP contribution is 2.30. The zero-order valence-electron chi connectivity index (χ0n) is 14.2. The fourth-order valence-electron chi connectivity index (χ4n) is 2.48. The van der Waals surface area contributed by atoms with Crippen molar-refractivity contribution < 1.29 is 18.7 Å². The van der Waals surface area contributed by atoms with E-state index in [1.807, 2.05) is 31.2 Å². The SMILES string of the molecule is COc1cccc2cc(C(C)NC(=O)CNC(=O)c3ccc(Br)s3)oc12. The lowest BCUT2D eigenvalue weighted by Crippen LogP contribution is -2.37. The normalized spacial score (nSPS) is 12.0. The van der Waals surface area contributed by atoms with Gasteiger partial charge in [0.05, 0.1) is 28.4 Å². The number of carbonyl (C=O) groups is 2. The van der Waals surface area contributed by atoms with Crippen LogP contribution in [0.25, 0.3) is 11.0 Å². The van der Waals surface area contributed by atoms with Crippen LogP contribution < -0.4 is 15.4 Å². The fraction of sp³-hybridized carbons (Fsp3) is 0.222. The first kappa shape index (κ1) is 18.5. The molecule has 1 aromatic carbocycles. The predicted octanol–water partition coefficient (Wildman–Crippen LogP) is 3.87. The van der Waals surface area contributed by atoms with Crippen LogP contribution in [0, 0.1) is 0 Å². The van der Waals surface area contributed by atoms with Crippen molar-refractivity contribution in [3.05, 3.63) is 50.8 Å². The topological polar surface area (TPSA) is 80.6 Å². The highest BCUT2D eigenvalue weighted by molar-refractivity contribution is 9.11. The van der Waals surface area contributed by atoms with Crippen molar-refractivity contribution in [1.82, 2.24) is 10.6 Å². The molecule has 6 nitrogen and oxygen atoms in total. The highest BCUT2D eigenvalue weighted by Gasteiger charge is 2.17. The quantitative estimate of drug-likeness (QED) is 0.614. The standard InChI is InChI=1S/C18H17BrN2O4S/c1-10(13-8-11-4-3-5-12(24-2)17(11)25-13)21-16(22)9-20-18(23)14-6-7-15(19)26-14/h3-8,10H,9H2,1-2H3,(H,20,23)(H,21,22). The number of amides is 2. The number of hydrogen-bond acceptors (Lipinski definition) is 5. The Hall–Kier alpha value is -2.32. The van der Waals surface area contributed by atoms with Gasteiger partial charge in [0, 0.05) is 5.39 Å². The summed E-state index contributed by atoms with van der Waals surface area (Å²) in [5.74, 6) is 0.680. The van der Waals surface area contributed by atoms with Crippen molar-refractivity contribution >= 4 is 50.1 Å². The van der Waals surface area contributed by atoms with Gasteiger partial charge in [-0.1, -0.05) is 12.1 Å². The van der Waals surface area contributed by atoms with Gasteiger partial charge in [0.2, 0.25) is 5.91 Å². The molecule has 0 fully saturated rings. The lowest BCUT2D eigenvalue weighted by Gasteiger charge is -2.11. The lowest BCUT2D eigenvalue weighted by atomic mass is 10.2. The number of para-hydroxylation sites is 1. The minimum absolute atomic E-state index is 0.109. The average Bonchev–Trinajstić information content (AvgIpc) is 3.25. The van der Waals surface area contributed by atoms with Crippen molar-refractivity contribution in [2.75, 3.05) is 13.7 Å². The maximum atomic E-state index is 12.1. The maximum absolute atomic E-state index is 12.1. The second kappa shape index (κ2) is 7.92. The van der Waals surface area contributed by atoms with Crippen molar-refractivity contribution in [2.45, 2.75) is 13.0 Å². The van der Waals surface area contributed by atoms with Crippen LogP contribution in [0.15, 0.2) is 44.6 Å². The molecule has 26 heavy (non-hydrogen) atoms. The smallest absolute Gasteiger partial charge is 0.261 e. The van der Waals surface area contributed by atoms with E-state index in [9.17, 15) is 9.59 Å². The van der Waals surface area contributed by atoms with E-state index in [0.717, 1.165) is 9.17 Å². The summed E-state index contributed by atoms with van der Waals surface area (Å²) in [5, 5.41) is 6.31. The Kier molecular flexibility index (Phi) is 5.63. The molecule has 0 aliphatic rings. The van der Waals surface area contributed by atoms with E-state index >= 15 is 0 Å². The van der Waals surface area contributed by atoms with Gasteiger partial charge in [0.15, 0.2) is 11.3 Å². The van der Waals surface area contributed by atoms with Crippen LogP contribution >= 0.6 is 27.3 Å². The first-order valence-corrected chi connectivity index (χ1v) is 9.48. The minimum Gasteiger partial charge on any atom is -0.493 e. The molecule has 2 aromatic heterocycles. The Morgan fingerprint density at radius 1 is 1.31 bits per heavy atom. The molecule has 1 atom stereocenters. The summed E-state index contributed by atoms with van der Waals surface area (Å²) in [5.41, 5.74) is 0.641. The van der Waals surface area contributed by atoms with Crippen LogP contribution in [0.3, 0.4) is 0 Å². The van der Waals surface area contributed by atoms with Gasteiger partial charge in [-0.2, -0.15) is 0 Å². The summed E-state index contributed by atoms with van der Waals surface area (Å²) in [6.45, 7) is 1.71. The summed E-state index contributed by atoms with van der Waals surface area (Å²) in [6, 6.07) is 10.6. The van der Waals surface area contributed by atoms with E-state index in [1.54, 1.807) is 19.2 Å². The Balaban J connectivity index is 1.59. The average molecular weight is 437 g/mol. The molecule has 0 aliphatic carbocycles. The predicted molar refractivity (Wildman–Crippen MR) is 104 cm³/mol. The number of rotatable bonds is 6. The molecule has 0 spiro atoms. The second-order valence-electron chi connectivity index (χ2n) is 5.60. The molecule has 0 saturated heterocycles.